The fraction of sp³-hybridized carbons (Fsp3) is 0.421. The molecule has 27 heavy (non-hydrogen) atoms. The van der Waals surface area contributed by atoms with Crippen LogP contribution in [0.4, 0.5) is 4.79 Å². The number of carbonyl (C=O) groups is 2. The molecule has 2 heterocycles. The van der Waals surface area contributed by atoms with Gasteiger partial charge in [0, 0.05) is 44.9 Å². The Morgan fingerprint density at radius 2 is 1.81 bits per heavy atom. The number of nitrogens with zero attached hydrogens (tertiary/aromatic N) is 4. The maximum Gasteiger partial charge on any atom is 0.317 e. The van der Waals surface area contributed by atoms with E-state index in [1.54, 1.807) is 34.7 Å². The van der Waals surface area contributed by atoms with Gasteiger partial charge in [0.1, 0.15) is 11.4 Å². The molecule has 8 heteroatoms. The number of aromatic nitrogens is 2. The molecule has 0 saturated carbocycles. The molecule has 1 aliphatic heterocycles. The second kappa shape index (κ2) is 8.11. The number of urea groups is 1. The molecule has 1 aromatic heterocycles. The minimum atomic E-state index is -0.188. The Bertz CT molecular complexity index is 811. The van der Waals surface area contributed by atoms with Gasteiger partial charge in [0.15, 0.2) is 0 Å². The Morgan fingerprint density at radius 3 is 2.48 bits per heavy atom. The van der Waals surface area contributed by atoms with Crippen molar-refractivity contribution < 1.29 is 14.3 Å². The summed E-state index contributed by atoms with van der Waals surface area (Å²) < 4.78 is 7.11. The van der Waals surface area contributed by atoms with Gasteiger partial charge >= 0.3 is 6.03 Å². The van der Waals surface area contributed by atoms with E-state index in [4.69, 9.17) is 4.74 Å². The van der Waals surface area contributed by atoms with E-state index >= 15 is 0 Å². The molecule has 1 fully saturated rings. The third-order valence-electron chi connectivity index (χ3n) is 4.79. The normalized spacial score (nSPS) is 15.4. The summed E-state index contributed by atoms with van der Waals surface area (Å²) in [4.78, 5) is 27.4. The van der Waals surface area contributed by atoms with Crippen LogP contribution in [0.3, 0.4) is 0 Å². The van der Waals surface area contributed by atoms with Crippen molar-refractivity contribution in [1.82, 2.24) is 24.9 Å². The van der Waals surface area contributed by atoms with Crippen molar-refractivity contribution in [2.24, 2.45) is 0 Å². The first-order valence-electron chi connectivity index (χ1n) is 8.98. The highest BCUT2D eigenvalue weighted by molar-refractivity contribution is 5.76. The number of nitrogens with one attached hydrogen (secondary N) is 1. The average molecular weight is 371 g/mol. The van der Waals surface area contributed by atoms with Crippen LogP contribution in [0.25, 0.3) is 5.69 Å². The van der Waals surface area contributed by atoms with Gasteiger partial charge in [0.25, 0.3) is 0 Å². The largest absolute Gasteiger partial charge is 0.494 e. The van der Waals surface area contributed by atoms with Crippen LogP contribution in [0.1, 0.15) is 25.5 Å². The van der Waals surface area contributed by atoms with Crippen LogP contribution in [0.5, 0.6) is 5.75 Å². The van der Waals surface area contributed by atoms with E-state index in [0.29, 0.717) is 26.2 Å². The summed E-state index contributed by atoms with van der Waals surface area (Å²) in [5.74, 6) is 0.777. The van der Waals surface area contributed by atoms with Crippen LogP contribution in [0.2, 0.25) is 0 Å². The summed E-state index contributed by atoms with van der Waals surface area (Å²) in [5, 5.41) is 7.40. The molecular weight excluding hydrogens is 346 g/mol. The Labute approximate surface area is 158 Å². The van der Waals surface area contributed by atoms with Gasteiger partial charge in [0.05, 0.1) is 19.3 Å². The lowest BCUT2D eigenvalue weighted by Crippen LogP contribution is -2.53. The van der Waals surface area contributed by atoms with Crippen molar-refractivity contribution >= 4 is 11.9 Å². The zero-order chi connectivity index (χ0) is 19.4. The van der Waals surface area contributed by atoms with Crippen LogP contribution < -0.4 is 10.1 Å². The SMILES string of the molecule is COc1ccccc1-n1cc([C@@H](C)NC(=O)N2CCN(C(C)=O)CC2)cn1. The van der Waals surface area contributed by atoms with E-state index < -0.39 is 0 Å². The molecule has 2 aromatic rings. The monoisotopic (exact) mass is 371 g/mol. The van der Waals surface area contributed by atoms with Crippen LogP contribution in [0, 0.1) is 0 Å². The van der Waals surface area contributed by atoms with E-state index in [1.165, 1.54) is 0 Å². The first-order chi connectivity index (χ1) is 13.0. The molecule has 8 nitrogen and oxygen atoms in total. The lowest BCUT2D eigenvalue weighted by Gasteiger charge is -2.34. The second-order valence-corrected chi connectivity index (χ2v) is 6.55. The summed E-state index contributed by atoms with van der Waals surface area (Å²) in [6.45, 7) is 5.70. The highest BCUT2D eigenvalue weighted by Crippen LogP contribution is 2.23. The molecule has 1 saturated heterocycles. The Kier molecular flexibility index (Phi) is 5.63. The number of ether oxygens (including phenoxy) is 1. The molecule has 0 radical (unpaired) electrons. The molecule has 0 aliphatic carbocycles. The maximum absolute atomic E-state index is 12.5. The lowest BCUT2D eigenvalue weighted by molar-refractivity contribution is -0.130. The summed E-state index contributed by atoms with van der Waals surface area (Å²) in [7, 11) is 1.62. The van der Waals surface area contributed by atoms with Crippen LogP contribution in [-0.2, 0) is 4.79 Å². The van der Waals surface area contributed by atoms with Crippen molar-refractivity contribution in [3.05, 3.63) is 42.2 Å². The second-order valence-electron chi connectivity index (χ2n) is 6.55. The van der Waals surface area contributed by atoms with Gasteiger partial charge < -0.3 is 19.9 Å². The molecule has 0 unspecified atom stereocenters. The number of rotatable bonds is 4. The number of benzene rings is 1. The van der Waals surface area contributed by atoms with E-state index in [1.807, 2.05) is 37.4 Å². The first-order valence-corrected chi connectivity index (χ1v) is 8.98. The molecule has 0 bridgehead atoms. The van der Waals surface area contributed by atoms with Crippen molar-refractivity contribution in [1.29, 1.82) is 0 Å². The van der Waals surface area contributed by atoms with Crippen molar-refractivity contribution in [3.8, 4) is 11.4 Å². The third-order valence-corrected chi connectivity index (χ3v) is 4.79. The molecule has 3 amide bonds. The third kappa shape index (κ3) is 4.21. The van der Waals surface area contributed by atoms with E-state index in [-0.39, 0.29) is 18.0 Å². The standard InChI is InChI=1S/C19H25N5O3/c1-14(21-19(26)23-10-8-22(9-11-23)15(2)25)16-12-20-24(13-16)17-6-4-5-7-18(17)27-3/h4-7,12-14H,8-11H2,1-3H3,(H,21,26)/t14-/m1/s1. The molecular formula is C19H25N5O3. The molecule has 1 atom stereocenters. The fourth-order valence-corrected chi connectivity index (χ4v) is 3.10. The zero-order valence-corrected chi connectivity index (χ0v) is 15.9. The van der Waals surface area contributed by atoms with Crippen LogP contribution in [-0.4, -0.2) is 64.8 Å². The van der Waals surface area contributed by atoms with Gasteiger partial charge in [-0.05, 0) is 19.1 Å². The number of methoxy groups -OCH3 is 1. The molecule has 144 valence electrons. The predicted molar refractivity (Wildman–Crippen MR) is 101 cm³/mol. The highest BCUT2D eigenvalue weighted by Gasteiger charge is 2.23. The first kappa shape index (κ1) is 18.8. The highest BCUT2D eigenvalue weighted by atomic mass is 16.5. The van der Waals surface area contributed by atoms with Crippen molar-refractivity contribution in [3.63, 3.8) is 0 Å². The fourth-order valence-electron chi connectivity index (χ4n) is 3.10. The lowest BCUT2D eigenvalue weighted by atomic mass is 10.2. The summed E-state index contributed by atoms with van der Waals surface area (Å²) in [6, 6.07) is 7.31. The van der Waals surface area contributed by atoms with E-state index in [0.717, 1.165) is 17.0 Å². The minimum Gasteiger partial charge on any atom is -0.494 e. The van der Waals surface area contributed by atoms with Gasteiger partial charge in [-0.3, -0.25) is 4.79 Å². The Morgan fingerprint density at radius 1 is 1.15 bits per heavy atom. The molecule has 1 aliphatic rings. The molecule has 3 rings (SSSR count). The van der Waals surface area contributed by atoms with E-state index in [2.05, 4.69) is 10.4 Å². The van der Waals surface area contributed by atoms with Crippen LogP contribution in [0.15, 0.2) is 36.7 Å². The number of hydrogen-bond acceptors (Lipinski definition) is 4. The number of piperazine rings is 1. The molecule has 1 aromatic carbocycles. The Balaban J connectivity index is 1.62. The molecule has 0 spiro atoms. The number of carbonyl (C=O) groups excluding carboxylic acids is 2. The summed E-state index contributed by atoms with van der Waals surface area (Å²) >= 11 is 0. The van der Waals surface area contributed by atoms with Gasteiger partial charge in [-0.25, -0.2) is 9.48 Å². The molecule has 1 N–H and O–H groups in total. The Hall–Kier alpha value is -3.03. The minimum absolute atomic E-state index is 0.0483. The maximum atomic E-state index is 12.5. The van der Waals surface area contributed by atoms with Crippen molar-refractivity contribution in [2.75, 3.05) is 33.3 Å². The zero-order valence-electron chi connectivity index (χ0n) is 15.9. The predicted octanol–water partition coefficient (Wildman–Crippen LogP) is 1.82. The average Bonchev–Trinajstić information content (AvgIpc) is 3.18. The number of amides is 3. The summed E-state index contributed by atoms with van der Waals surface area (Å²) in [5.41, 5.74) is 1.74. The van der Waals surface area contributed by atoms with Gasteiger partial charge in [-0.15, -0.1) is 0 Å². The van der Waals surface area contributed by atoms with Gasteiger partial charge in [-0.2, -0.15) is 5.10 Å². The van der Waals surface area contributed by atoms with Crippen LogP contribution >= 0.6 is 0 Å². The number of hydrogen-bond donors (Lipinski definition) is 1. The topological polar surface area (TPSA) is 79.7 Å². The summed E-state index contributed by atoms with van der Waals surface area (Å²) in [6.07, 6.45) is 3.63. The van der Waals surface area contributed by atoms with Crippen molar-refractivity contribution in [2.45, 2.75) is 19.9 Å². The number of para-hydroxylation sites is 2. The van der Waals surface area contributed by atoms with Gasteiger partial charge in [-0.1, -0.05) is 12.1 Å². The van der Waals surface area contributed by atoms with Gasteiger partial charge in [0.2, 0.25) is 5.91 Å². The smallest absolute Gasteiger partial charge is 0.317 e. The quantitative estimate of drug-likeness (QED) is 0.889. The van der Waals surface area contributed by atoms with E-state index in [9.17, 15) is 9.59 Å².